The van der Waals surface area contributed by atoms with Gasteiger partial charge in [0.2, 0.25) is 5.91 Å². The van der Waals surface area contributed by atoms with E-state index in [0.717, 1.165) is 43.6 Å². The third kappa shape index (κ3) is 5.11. The van der Waals surface area contributed by atoms with Crippen LogP contribution < -0.4 is 5.32 Å². The number of urea groups is 1. The first kappa shape index (κ1) is 25.7. The van der Waals surface area contributed by atoms with E-state index >= 15 is 0 Å². The van der Waals surface area contributed by atoms with Crippen LogP contribution in [0.3, 0.4) is 0 Å². The molecule has 0 atom stereocenters. The summed E-state index contributed by atoms with van der Waals surface area (Å²) >= 11 is 0. The van der Waals surface area contributed by atoms with Gasteiger partial charge in [-0.2, -0.15) is 0 Å². The van der Waals surface area contributed by atoms with E-state index in [9.17, 15) is 9.59 Å². The van der Waals surface area contributed by atoms with Crippen LogP contribution in [-0.2, 0) is 16.9 Å². The van der Waals surface area contributed by atoms with Gasteiger partial charge in [0.1, 0.15) is 6.54 Å². The van der Waals surface area contributed by atoms with E-state index in [1.165, 1.54) is 24.8 Å². The van der Waals surface area contributed by atoms with Crippen LogP contribution in [0.1, 0.15) is 61.9 Å². The summed E-state index contributed by atoms with van der Waals surface area (Å²) in [6.45, 7) is 3.88. The summed E-state index contributed by atoms with van der Waals surface area (Å²) in [5.74, 6) is 0.469. The fourth-order valence-corrected chi connectivity index (χ4v) is 6.63. The monoisotopic (exact) mass is 503 g/mol. The van der Waals surface area contributed by atoms with Gasteiger partial charge in [0.15, 0.2) is 0 Å². The molecule has 3 amide bonds. The summed E-state index contributed by atoms with van der Waals surface area (Å²) in [6.07, 6.45) is 7.56. The normalized spacial score (nSPS) is 26.1. The number of aryl methyl sites for hydroxylation is 1. The molecule has 1 spiro atoms. The number of benzene rings is 1. The van der Waals surface area contributed by atoms with E-state index < -0.39 is 0 Å². The van der Waals surface area contributed by atoms with Gasteiger partial charge in [-0.25, -0.2) is 4.79 Å². The Morgan fingerprint density at radius 2 is 1.78 bits per heavy atom. The summed E-state index contributed by atoms with van der Waals surface area (Å²) in [5.41, 5.74) is 2.89. The lowest BCUT2D eigenvalue weighted by Gasteiger charge is -2.51. The second kappa shape index (κ2) is 10.4. The Morgan fingerprint density at radius 3 is 2.41 bits per heavy atom. The molecule has 0 bridgehead atoms. The zero-order valence-electron chi connectivity index (χ0n) is 22.6. The molecule has 0 unspecified atom stereocenters. The van der Waals surface area contributed by atoms with Crippen LogP contribution >= 0.6 is 0 Å². The summed E-state index contributed by atoms with van der Waals surface area (Å²) < 4.78 is 0. The predicted octanol–water partition coefficient (Wildman–Crippen LogP) is 4.31. The molecule has 3 fully saturated rings. The number of amides is 3. The molecule has 7 heteroatoms. The molecular weight excluding hydrogens is 462 g/mol. The molecule has 37 heavy (non-hydrogen) atoms. The summed E-state index contributed by atoms with van der Waals surface area (Å²) in [5, 5.41) is 2.97. The van der Waals surface area contributed by atoms with E-state index in [1.54, 1.807) is 4.90 Å². The molecule has 1 aromatic heterocycles. The van der Waals surface area contributed by atoms with Crippen LogP contribution in [0.4, 0.5) is 4.79 Å². The molecule has 2 saturated carbocycles. The lowest BCUT2D eigenvalue weighted by Crippen LogP contribution is -2.56. The Balaban J connectivity index is 1.30. The highest BCUT2D eigenvalue weighted by atomic mass is 16.2. The van der Waals surface area contributed by atoms with Crippen LogP contribution in [0.25, 0.3) is 0 Å². The Bertz CT molecular complexity index is 1110. The van der Waals surface area contributed by atoms with Crippen molar-refractivity contribution in [2.24, 2.45) is 5.92 Å². The van der Waals surface area contributed by atoms with Crippen molar-refractivity contribution in [2.45, 2.75) is 69.5 Å². The Morgan fingerprint density at radius 1 is 1.05 bits per heavy atom. The first-order valence-corrected chi connectivity index (χ1v) is 13.8. The maximum absolute atomic E-state index is 13.7. The van der Waals surface area contributed by atoms with E-state index in [2.05, 4.69) is 64.5 Å². The van der Waals surface area contributed by atoms with Crippen LogP contribution in [-0.4, -0.2) is 70.9 Å². The zero-order chi connectivity index (χ0) is 26.0. The maximum atomic E-state index is 13.7. The lowest BCUT2D eigenvalue weighted by molar-refractivity contribution is -0.121. The van der Waals surface area contributed by atoms with Crippen LogP contribution in [0.5, 0.6) is 0 Å². The zero-order valence-corrected chi connectivity index (χ0v) is 22.6. The average Bonchev–Trinajstić information content (AvgIpc) is 3.11. The fraction of sp³-hybridized carbons (Fsp3) is 0.567. The van der Waals surface area contributed by atoms with Crippen LogP contribution in [0.2, 0.25) is 0 Å². The molecule has 1 saturated heterocycles. The number of hydrogen-bond acceptors (Lipinski definition) is 4. The minimum Gasteiger partial charge on any atom is -0.349 e. The van der Waals surface area contributed by atoms with Gasteiger partial charge in [-0.05, 0) is 83.2 Å². The number of carbonyl (C=O) groups is 2. The van der Waals surface area contributed by atoms with E-state index in [1.807, 2.05) is 25.1 Å². The Hall–Kier alpha value is -2.93. The second-order valence-electron chi connectivity index (χ2n) is 11.6. The van der Waals surface area contributed by atoms with Crippen molar-refractivity contribution in [3.05, 3.63) is 65.5 Å². The van der Waals surface area contributed by atoms with Gasteiger partial charge >= 0.3 is 6.03 Å². The molecule has 1 aliphatic heterocycles. The summed E-state index contributed by atoms with van der Waals surface area (Å²) in [6, 6.07) is 16.6. The number of hydrogen-bond donors (Lipinski definition) is 1. The highest BCUT2D eigenvalue weighted by Crippen LogP contribution is 2.49. The molecule has 1 N–H and O–H groups in total. The van der Waals surface area contributed by atoms with Crippen molar-refractivity contribution >= 4 is 11.9 Å². The highest BCUT2D eigenvalue weighted by Gasteiger charge is 2.55. The van der Waals surface area contributed by atoms with Gasteiger partial charge in [0.25, 0.3) is 0 Å². The molecule has 198 valence electrons. The highest BCUT2D eigenvalue weighted by molar-refractivity contribution is 5.86. The first-order valence-electron chi connectivity index (χ1n) is 13.8. The quantitative estimate of drug-likeness (QED) is 0.583. The minimum atomic E-state index is -0.195. The van der Waals surface area contributed by atoms with Gasteiger partial charge in [0, 0.05) is 24.3 Å². The van der Waals surface area contributed by atoms with Gasteiger partial charge in [-0.3, -0.25) is 14.7 Å². The minimum absolute atomic E-state index is 0.0245. The fourth-order valence-electron chi connectivity index (χ4n) is 6.63. The molecule has 2 aromatic rings. The van der Waals surface area contributed by atoms with Gasteiger partial charge in [0.05, 0.1) is 17.8 Å². The molecule has 2 aliphatic carbocycles. The number of pyridine rings is 1. The van der Waals surface area contributed by atoms with E-state index in [4.69, 9.17) is 0 Å². The van der Waals surface area contributed by atoms with E-state index in [-0.39, 0.29) is 29.6 Å². The number of nitrogens with zero attached hydrogens (tertiary/aromatic N) is 4. The third-order valence-electron chi connectivity index (χ3n) is 9.15. The number of aromatic nitrogens is 1. The summed E-state index contributed by atoms with van der Waals surface area (Å²) in [4.78, 5) is 37.4. The average molecular weight is 504 g/mol. The molecule has 2 heterocycles. The standard InChI is InChI=1S/C30H41N5O2/c1-23-9-7-14-26(32-23)19-31-27(36)21-34-22-29(35(28(34)37)20-24-10-8-11-24)15-17-30(18-16-29,33(2)3)25-12-5-4-6-13-25/h4-7,9,12-14,24H,8,10-11,15-22H2,1-3H3,(H,31,36)/t29-,30-. The van der Waals surface area contributed by atoms with Gasteiger partial charge in [-0.15, -0.1) is 0 Å². The van der Waals surface area contributed by atoms with Crippen molar-refractivity contribution in [1.29, 1.82) is 0 Å². The van der Waals surface area contributed by atoms with Crippen LogP contribution in [0, 0.1) is 12.8 Å². The second-order valence-corrected chi connectivity index (χ2v) is 11.6. The lowest BCUT2D eigenvalue weighted by atomic mass is 9.68. The first-order chi connectivity index (χ1) is 17.8. The van der Waals surface area contributed by atoms with Crippen molar-refractivity contribution < 1.29 is 9.59 Å². The van der Waals surface area contributed by atoms with Gasteiger partial charge in [-0.1, -0.05) is 42.8 Å². The predicted molar refractivity (Wildman–Crippen MR) is 145 cm³/mol. The molecule has 0 radical (unpaired) electrons. The largest absolute Gasteiger partial charge is 0.349 e. The van der Waals surface area contributed by atoms with Crippen molar-refractivity contribution in [1.82, 2.24) is 25.0 Å². The van der Waals surface area contributed by atoms with Crippen LogP contribution in [0.15, 0.2) is 48.5 Å². The SMILES string of the molecule is Cc1cccc(CNC(=O)CN2C[C@]3(CC[C@@](c4ccccc4)(N(C)C)CC3)N(CC3CCC3)C2=O)n1. The Kier molecular flexibility index (Phi) is 7.26. The molecular formula is C30H41N5O2. The topological polar surface area (TPSA) is 68.8 Å². The Labute approximate surface area is 221 Å². The smallest absolute Gasteiger partial charge is 0.321 e. The number of rotatable bonds is 8. The van der Waals surface area contributed by atoms with E-state index in [0.29, 0.717) is 19.0 Å². The third-order valence-corrected chi connectivity index (χ3v) is 9.15. The summed E-state index contributed by atoms with van der Waals surface area (Å²) in [7, 11) is 4.35. The van der Waals surface area contributed by atoms with Gasteiger partial charge < -0.3 is 15.1 Å². The number of nitrogens with one attached hydrogen (secondary N) is 1. The molecule has 5 rings (SSSR count). The van der Waals surface area contributed by atoms with Crippen molar-refractivity contribution in [3.8, 4) is 0 Å². The maximum Gasteiger partial charge on any atom is 0.321 e. The molecule has 3 aliphatic rings. The van der Waals surface area contributed by atoms with Crippen molar-refractivity contribution in [3.63, 3.8) is 0 Å². The van der Waals surface area contributed by atoms with Crippen molar-refractivity contribution in [2.75, 3.05) is 33.7 Å². The number of carbonyl (C=O) groups excluding carboxylic acids is 2. The molecule has 7 nitrogen and oxygen atoms in total. The molecule has 1 aromatic carbocycles.